The van der Waals surface area contributed by atoms with Gasteiger partial charge >= 0.3 is 0 Å². The van der Waals surface area contributed by atoms with E-state index in [0.717, 1.165) is 66.0 Å². The summed E-state index contributed by atoms with van der Waals surface area (Å²) in [6, 6.07) is 9.88. The number of carbonyl (C=O) groups is 1. The standard InChI is InChI=1S/C25H30N4O3/c1-16-23-20(13-21(17-10-11-17)26-24(23)28(2)27-16)25(30)29(15-19-8-6-12-32-19)14-18-7-4-5-9-22(18)31-3/h4-5,7,9,13,17,19H,6,8,10-12,14-15H2,1-3H3. The second-order valence-corrected chi connectivity index (χ2v) is 8.91. The van der Waals surface area contributed by atoms with Crippen LogP contribution >= 0.6 is 0 Å². The van der Waals surface area contributed by atoms with Crippen molar-refractivity contribution in [1.82, 2.24) is 19.7 Å². The molecule has 1 saturated heterocycles. The molecule has 0 radical (unpaired) electrons. The fraction of sp³-hybridized carbons (Fsp3) is 0.480. The first kappa shape index (κ1) is 20.9. The average Bonchev–Trinajstić information content (AvgIpc) is 3.46. The molecule has 1 saturated carbocycles. The van der Waals surface area contributed by atoms with Crippen LogP contribution in [0, 0.1) is 6.92 Å². The maximum Gasteiger partial charge on any atom is 0.255 e. The van der Waals surface area contributed by atoms with Gasteiger partial charge in [-0.1, -0.05) is 18.2 Å². The lowest BCUT2D eigenvalue weighted by atomic mass is 10.0. The van der Waals surface area contributed by atoms with Crippen molar-refractivity contribution < 1.29 is 14.3 Å². The van der Waals surface area contributed by atoms with Gasteiger partial charge in [0, 0.05) is 43.9 Å². The number of para-hydroxylation sites is 1. The molecule has 0 spiro atoms. The Kier molecular flexibility index (Phi) is 5.59. The molecule has 7 heteroatoms. The quantitative estimate of drug-likeness (QED) is 0.563. The molecule has 1 amide bonds. The van der Waals surface area contributed by atoms with Crippen molar-refractivity contribution >= 4 is 16.9 Å². The number of fused-ring (bicyclic) bond motifs is 1. The maximum absolute atomic E-state index is 14.1. The number of benzene rings is 1. The first-order valence-corrected chi connectivity index (χ1v) is 11.4. The fourth-order valence-electron chi connectivity index (χ4n) is 4.68. The first-order valence-electron chi connectivity index (χ1n) is 11.4. The smallest absolute Gasteiger partial charge is 0.255 e. The number of hydrogen-bond acceptors (Lipinski definition) is 5. The topological polar surface area (TPSA) is 69.5 Å². The number of methoxy groups -OCH3 is 1. The minimum absolute atomic E-state index is 0.00296. The van der Waals surface area contributed by atoms with Crippen LogP contribution in [0.15, 0.2) is 30.3 Å². The zero-order valence-electron chi connectivity index (χ0n) is 19.0. The van der Waals surface area contributed by atoms with E-state index in [1.165, 1.54) is 0 Å². The van der Waals surface area contributed by atoms with Crippen LogP contribution in [-0.2, 0) is 18.3 Å². The van der Waals surface area contributed by atoms with E-state index in [4.69, 9.17) is 14.5 Å². The van der Waals surface area contributed by atoms with E-state index in [1.807, 2.05) is 49.2 Å². The third kappa shape index (κ3) is 3.97. The number of aryl methyl sites for hydroxylation is 2. The molecule has 1 unspecified atom stereocenters. The van der Waals surface area contributed by atoms with Gasteiger partial charge < -0.3 is 14.4 Å². The largest absolute Gasteiger partial charge is 0.496 e. The van der Waals surface area contributed by atoms with Gasteiger partial charge in [0.2, 0.25) is 0 Å². The van der Waals surface area contributed by atoms with Gasteiger partial charge in [-0.05, 0) is 44.7 Å². The Hall–Kier alpha value is -2.93. The second-order valence-electron chi connectivity index (χ2n) is 8.91. The van der Waals surface area contributed by atoms with Gasteiger partial charge in [-0.15, -0.1) is 0 Å². The number of nitrogens with zero attached hydrogens (tertiary/aromatic N) is 4. The van der Waals surface area contributed by atoms with Gasteiger partial charge in [0.25, 0.3) is 5.91 Å². The Morgan fingerprint density at radius 2 is 2.09 bits per heavy atom. The van der Waals surface area contributed by atoms with Gasteiger partial charge in [-0.3, -0.25) is 9.48 Å². The average molecular weight is 435 g/mol. The summed E-state index contributed by atoms with van der Waals surface area (Å²) in [5.41, 5.74) is 4.28. The van der Waals surface area contributed by atoms with Crippen LogP contribution in [0.2, 0.25) is 0 Å². The second kappa shape index (κ2) is 8.54. The molecule has 2 aromatic heterocycles. The van der Waals surface area contributed by atoms with Crippen LogP contribution in [0.4, 0.5) is 0 Å². The number of rotatable bonds is 7. The summed E-state index contributed by atoms with van der Waals surface area (Å²) < 4.78 is 13.2. The molecule has 2 aliphatic rings. The molecule has 1 atom stereocenters. The van der Waals surface area contributed by atoms with Crippen molar-refractivity contribution in [1.29, 1.82) is 0 Å². The highest BCUT2D eigenvalue weighted by atomic mass is 16.5. The van der Waals surface area contributed by atoms with Gasteiger partial charge in [0.15, 0.2) is 5.65 Å². The first-order chi connectivity index (χ1) is 15.5. The highest BCUT2D eigenvalue weighted by Gasteiger charge is 2.31. The van der Waals surface area contributed by atoms with Crippen molar-refractivity contribution in [2.45, 2.75) is 51.2 Å². The molecule has 3 heterocycles. The van der Waals surface area contributed by atoms with Crippen molar-refractivity contribution in [2.24, 2.45) is 7.05 Å². The molecule has 7 nitrogen and oxygen atoms in total. The van der Waals surface area contributed by atoms with E-state index in [2.05, 4.69) is 5.10 Å². The Morgan fingerprint density at radius 3 is 2.81 bits per heavy atom. The summed E-state index contributed by atoms with van der Waals surface area (Å²) in [6.07, 6.45) is 4.33. The third-order valence-corrected chi connectivity index (χ3v) is 6.50. The Labute approximate surface area is 188 Å². The number of ether oxygens (including phenoxy) is 2. The number of amides is 1. The lowest BCUT2D eigenvalue weighted by Gasteiger charge is -2.27. The summed E-state index contributed by atoms with van der Waals surface area (Å²) >= 11 is 0. The summed E-state index contributed by atoms with van der Waals surface area (Å²) in [4.78, 5) is 20.8. The van der Waals surface area contributed by atoms with E-state index in [1.54, 1.807) is 11.8 Å². The van der Waals surface area contributed by atoms with Crippen LogP contribution in [0.1, 0.15) is 58.9 Å². The SMILES string of the molecule is COc1ccccc1CN(CC1CCCO1)C(=O)c1cc(C2CC2)nc2c1c(C)nn2C. The molecule has 5 rings (SSSR count). The molecular weight excluding hydrogens is 404 g/mol. The highest BCUT2D eigenvalue weighted by molar-refractivity contribution is 6.06. The monoisotopic (exact) mass is 434 g/mol. The zero-order valence-corrected chi connectivity index (χ0v) is 19.0. The lowest BCUT2D eigenvalue weighted by Crippen LogP contribution is -2.37. The predicted molar refractivity (Wildman–Crippen MR) is 122 cm³/mol. The van der Waals surface area contributed by atoms with Crippen molar-refractivity contribution in [3.8, 4) is 5.75 Å². The summed E-state index contributed by atoms with van der Waals surface area (Å²) in [5, 5.41) is 5.41. The molecule has 2 fully saturated rings. The van der Waals surface area contributed by atoms with Crippen LogP contribution in [-0.4, -0.2) is 51.9 Å². The van der Waals surface area contributed by atoms with Gasteiger partial charge in [-0.25, -0.2) is 4.98 Å². The number of hydrogen-bond donors (Lipinski definition) is 0. The van der Waals surface area contributed by atoms with E-state index in [0.29, 0.717) is 24.6 Å². The zero-order chi connectivity index (χ0) is 22.2. The Bertz CT molecular complexity index is 1150. The predicted octanol–water partition coefficient (Wildman–Crippen LogP) is 3.98. The van der Waals surface area contributed by atoms with Crippen LogP contribution < -0.4 is 4.74 Å². The van der Waals surface area contributed by atoms with Crippen molar-refractivity contribution in [3.05, 3.63) is 52.8 Å². The van der Waals surface area contributed by atoms with E-state index < -0.39 is 0 Å². The highest BCUT2D eigenvalue weighted by Crippen LogP contribution is 2.40. The Balaban J connectivity index is 1.56. The van der Waals surface area contributed by atoms with E-state index >= 15 is 0 Å². The molecule has 0 N–H and O–H groups in total. The van der Waals surface area contributed by atoms with Gasteiger partial charge in [-0.2, -0.15) is 5.10 Å². The van der Waals surface area contributed by atoms with Crippen LogP contribution in [0.3, 0.4) is 0 Å². The number of pyridine rings is 1. The third-order valence-electron chi connectivity index (χ3n) is 6.50. The number of aromatic nitrogens is 3. The van der Waals surface area contributed by atoms with Gasteiger partial charge in [0.05, 0.1) is 29.9 Å². The fourth-order valence-corrected chi connectivity index (χ4v) is 4.68. The molecule has 32 heavy (non-hydrogen) atoms. The molecular formula is C25H30N4O3. The molecule has 1 aliphatic carbocycles. The van der Waals surface area contributed by atoms with Crippen LogP contribution in [0.25, 0.3) is 11.0 Å². The van der Waals surface area contributed by atoms with Crippen LogP contribution in [0.5, 0.6) is 5.75 Å². The minimum atomic E-state index is -0.00296. The summed E-state index contributed by atoms with van der Waals surface area (Å²) in [5.74, 6) is 1.23. The number of carbonyl (C=O) groups excluding carboxylic acids is 1. The van der Waals surface area contributed by atoms with E-state index in [9.17, 15) is 4.79 Å². The normalized spacial score (nSPS) is 18.3. The summed E-state index contributed by atoms with van der Waals surface area (Å²) in [6.45, 7) is 3.72. The molecule has 3 aromatic rings. The minimum Gasteiger partial charge on any atom is -0.496 e. The lowest BCUT2D eigenvalue weighted by molar-refractivity contribution is 0.0507. The Morgan fingerprint density at radius 1 is 1.28 bits per heavy atom. The molecule has 1 aliphatic heterocycles. The maximum atomic E-state index is 14.1. The van der Waals surface area contributed by atoms with Crippen molar-refractivity contribution in [3.63, 3.8) is 0 Å². The molecule has 1 aromatic carbocycles. The van der Waals surface area contributed by atoms with Crippen molar-refractivity contribution in [2.75, 3.05) is 20.3 Å². The van der Waals surface area contributed by atoms with E-state index in [-0.39, 0.29) is 12.0 Å². The summed E-state index contributed by atoms with van der Waals surface area (Å²) in [7, 11) is 3.56. The van der Waals surface area contributed by atoms with Gasteiger partial charge in [0.1, 0.15) is 5.75 Å². The molecule has 168 valence electrons. The molecule has 0 bridgehead atoms.